The molecule has 0 aromatic carbocycles. The molecule has 76 valence electrons. The average Bonchev–Trinajstić information content (AvgIpc) is 2.16. The van der Waals surface area contributed by atoms with Crippen LogP contribution in [0.3, 0.4) is 0 Å². The quantitative estimate of drug-likeness (QED) is 0.404. The molecule has 0 unspecified atom stereocenters. The molecule has 0 aromatic rings. The van der Waals surface area contributed by atoms with Crippen molar-refractivity contribution in [3.63, 3.8) is 0 Å². The molecule has 0 N–H and O–H groups in total. The Balaban J connectivity index is 0.00000144. The highest BCUT2D eigenvalue weighted by molar-refractivity contribution is 5.85. The fraction of sp³-hybridized carbons (Fsp3) is 0.667. The molecule has 1 fully saturated rings. The van der Waals surface area contributed by atoms with Gasteiger partial charge in [0, 0.05) is 6.08 Å². The number of carbonyl (C=O) groups excluding carboxylic acids is 1. The standard InChI is InChI=1S/C9H14O3.ClH/c1-2-9(10)12-11-8-6-4-3-5-7-8;/h2,8H,1,3-7H2;1H. The zero-order chi connectivity index (χ0) is 8.81. The first kappa shape index (κ1) is 12.5. The van der Waals surface area contributed by atoms with Crippen LogP contribution in [-0.2, 0) is 14.6 Å². The maximum Gasteiger partial charge on any atom is 0.365 e. The van der Waals surface area contributed by atoms with E-state index in [4.69, 9.17) is 4.89 Å². The van der Waals surface area contributed by atoms with E-state index in [-0.39, 0.29) is 18.5 Å². The number of hydrogen-bond acceptors (Lipinski definition) is 3. The SMILES string of the molecule is C=CC(=O)OOC1CCCCC1.Cl. The lowest BCUT2D eigenvalue weighted by atomic mass is 9.98. The topological polar surface area (TPSA) is 35.5 Å². The Kier molecular flexibility index (Phi) is 6.63. The normalized spacial score (nSPS) is 17.2. The van der Waals surface area contributed by atoms with Crippen molar-refractivity contribution in [2.75, 3.05) is 0 Å². The van der Waals surface area contributed by atoms with Gasteiger partial charge in [-0.2, -0.15) is 4.89 Å². The third-order valence-electron chi connectivity index (χ3n) is 1.99. The predicted octanol–water partition coefficient (Wildman–Crippen LogP) is 2.40. The molecule has 0 saturated heterocycles. The van der Waals surface area contributed by atoms with Gasteiger partial charge in [-0.1, -0.05) is 25.8 Å². The summed E-state index contributed by atoms with van der Waals surface area (Å²) in [5, 5.41) is 0. The van der Waals surface area contributed by atoms with E-state index in [0.29, 0.717) is 0 Å². The fourth-order valence-corrected chi connectivity index (χ4v) is 1.31. The Morgan fingerprint density at radius 2 is 1.92 bits per heavy atom. The van der Waals surface area contributed by atoms with Gasteiger partial charge in [0.05, 0.1) is 0 Å². The van der Waals surface area contributed by atoms with Crippen LogP contribution in [-0.4, -0.2) is 12.1 Å². The molecule has 1 saturated carbocycles. The van der Waals surface area contributed by atoms with Crippen LogP contribution >= 0.6 is 12.4 Å². The summed E-state index contributed by atoms with van der Waals surface area (Å²) in [7, 11) is 0. The van der Waals surface area contributed by atoms with Crippen molar-refractivity contribution in [1.82, 2.24) is 0 Å². The molecule has 0 amide bonds. The van der Waals surface area contributed by atoms with Gasteiger partial charge in [-0.3, -0.25) is 4.89 Å². The van der Waals surface area contributed by atoms with Gasteiger partial charge in [0.25, 0.3) is 0 Å². The second-order valence-electron chi connectivity index (χ2n) is 2.96. The minimum Gasteiger partial charge on any atom is -0.293 e. The number of carbonyl (C=O) groups is 1. The lowest BCUT2D eigenvalue weighted by Crippen LogP contribution is -2.18. The summed E-state index contributed by atoms with van der Waals surface area (Å²) in [6.07, 6.45) is 6.77. The van der Waals surface area contributed by atoms with Crippen LogP contribution < -0.4 is 0 Å². The zero-order valence-corrected chi connectivity index (χ0v) is 8.35. The maximum absolute atomic E-state index is 10.6. The minimum absolute atomic E-state index is 0. The summed E-state index contributed by atoms with van der Waals surface area (Å²) in [6.45, 7) is 3.27. The van der Waals surface area contributed by atoms with E-state index < -0.39 is 5.97 Å². The third kappa shape index (κ3) is 4.90. The van der Waals surface area contributed by atoms with Crippen molar-refractivity contribution in [2.24, 2.45) is 0 Å². The molecule has 0 aliphatic heterocycles. The Labute approximate surface area is 84.4 Å². The van der Waals surface area contributed by atoms with Gasteiger partial charge in [-0.15, -0.1) is 12.4 Å². The van der Waals surface area contributed by atoms with Crippen molar-refractivity contribution in [1.29, 1.82) is 0 Å². The second kappa shape index (κ2) is 6.92. The van der Waals surface area contributed by atoms with Gasteiger partial charge in [0.1, 0.15) is 6.10 Å². The molecule has 4 heteroatoms. The van der Waals surface area contributed by atoms with E-state index in [1.807, 2.05) is 0 Å². The molecule has 13 heavy (non-hydrogen) atoms. The van der Waals surface area contributed by atoms with E-state index in [1.165, 1.54) is 6.42 Å². The van der Waals surface area contributed by atoms with E-state index in [9.17, 15) is 4.79 Å². The van der Waals surface area contributed by atoms with E-state index >= 15 is 0 Å². The summed E-state index contributed by atoms with van der Waals surface area (Å²) in [5.41, 5.74) is 0. The molecule has 0 aromatic heterocycles. The molecule has 3 nitrogen and oxygen atoms in total. The zero-order valence-electron chi connectivity index (χ0n) is 7.53. The molecule has 0 heterocycles. The van der Waals surface area contributed by atoms with Gasteiger partial charge in [-0.05, 0) is 12.8 Å². The van der Waals surface area contributed by atoms with Gasteiger partial charge < -0.3 is 0 Å². The molecule has 0 spiro atoms. The molecule has 0 bridgehead atoms. The Bertz CT molecular complexity index is 164. The van der Waals surface area contributed by atoms with Crippen LogP contribution in [0, 0.1) is 0 Å². The molecular weight excluding hydrogens is 192 g/mol. The predicted molar refractivity (Wildman–Crippen MR) is 51.5 cm³/mol. The number of halogens is 1. The van der Waals surface area contributed by atoms with Crippen molar-refractivity contribution >= 4 is 18.4 Å². The summed E-state index contributed by atoms with van der Waals surface area (Å²) < 4.78 is 0. The van der Waals surface area contributed by atoms with Crippen LogP contribution in [0.4, 0.5) is 0 Å². The smallest absolute Gasteiger partial charge is 0.293 e. The highest BCUT2D eigenvalue weighted by Crippen LogP contribution is 2.20. The Hall–Kier alpha value is -0.540. The van der Waals surface area contributed by atoms with E-state index in [1.54, 1.807) is 0 Å². The number of hydrogen-bond donors (Lipinski definition) is 0. The van der Waals surface area contributed by atoms with E-state index in [2.05, 4.69) is 11.5 Å². The summed E-state index contributed by atoms with van der Waals surface area (Å²) in [4.78, 5) is 20.0. The molecule has 0 atom stereocenters. The molecule has 1 aliphatic rings. The van der Waals surface area contributed by atoms with Crippen LogP contribution in [0.1, 0.15) is 32.1 Å². The summed E-state index contributed by atoms with van der Waals surface area (Å²) in [6, 6.07) is 0. The first-order valence-electron chi connectivity index (χ1n) is 4.32. The van der Waals surface area contributed by atoms with Crippen molar-refractivity contribution in [3.8, 4) is 0 Å². The van der Waals surface area contributed by atoms with Gasteiger partial charge in [0.15, 0.2) is 0 Å². The Morgan fingerprint density at radius 3 is 2.46 bits per heavy atom. The molecule has 0 radical (unpaired) electrons. The largest absolute Gasteiger partial charge is 0.365 e. The average molecular weight is 207 g/mol. The van der Waals surface area contributed by atoms with Crippen LogP contribution in [0.5, 0.6) is 0 Å². The second-order valence-corrected chi connectivity index (χ2v) is 2.96. The number of rotatable bonds is 3. The van der Waals surface area contributed by atoms with Crippen molar-refractivity contribution in [2.45, 2.75) is 38.2 Å². The lowest BCUT2D eigenvalue weighted by molar-refractivity contribution is -0.297. The highest BCUT2D eigenvalue weighted by Gasteiger charge is 2.15. The molecular formula is C9H15ClO3. The molecule has 1 aliphatic carbocycles. The van der Waals surface area contributed by atoms with Crippen molar-refractivity contribution in [3.05, 3.63) is 12.7 Å². The van der Waals surface area contributed by atoms with Crippen LogP contribution in [0.2, 0.25) is 0 Å². The minimum atomic E-state index is -0.513. The van der Waals surface area contributed by atoms with Crippen molar-refractivity contribution < 1.29 is 14.6 Å². The van der Waals surface area contributed by atoms with Gasteiger partial charge in [-0.25, -0.2) is 4.79 Å². The van der Waals surface area contributed by atoms with E-state index in [0.717, 1.165) is 31.8 Å². The third-order valence-corrected chi connectivity index (χ3v) is 1.99. The van der Waals surface area contributed by atoms with Gasteiger partial charge in [0.2, 0.25) is 0 Å². The first-order valence-corrected chi connectivity index (χ1v) is 4.32. The first-order chi connectivity index (χ1) is 5.83. The fourth-order valence-electron chi connectivity index (χ4n) is 1.31. The van der Waals surface area contributed by atoms with Crippen LogP contribution in [0.25, 0.3) is 0 Å². The van der Waals surface area contributed by atoms with Crippen LogP contribution in [0.15, 0.2) is 12.7 Å². The summed E-state index contributed by atoms with van der Waals surface area (Å²) >= 11 is 0. The molecule has 1 rings (SSSR count). The lowest BCUT2D eigenvalue weighted by Gasteiger charge is -2.19. The Morgan fingerprint density at radius 1 is 1.31 bits per heavy atom. The maximum atomic E-state index is 10.6. The monoisotopic (exact) mass is 206 g/mol. The van der Waals surface area contributed by atoms with Gasteiger partial charge >= 0.3 is 5.97 Å². The highest BCUT2D eigenvalue weighted by atomic mass is 35.5. The summed E-state index contributed by atoms with van der Waals surface area (Å²) in [5.74, 6) is -0.513.